The van der Waals surface area contributed by atoms with Crippen molar-refractivity contribution in [2.24, 2.45) is 0 Å². The molecule has 5 atom stereocenters. The Labute approximate surface area is 548 Å². The van der Waals surface area contributed by atoms with E-state index in [9.17, 15) is 43.2 Å². The largest absolute Gasteiger partial charge is 0.472 e. The minimum Gasteiger partial charge on any atom is -0.462 e. The summed E-state index contributed by atoms with van der Waals surface area (Å²) in [5, 5.41) is 10.6. The molecule has 0 amide bonds. The van der Waals surface area contributed by atoms with Gasteiger partial charge >= 0.3 is 39.5 Å². The third-order valence-electron chi connectivity index (χ3n) is 16.0. The van der Waals surface area contributed by atoms with Gasteiger partial charge in [0, 0.05) is 25.7 Å². The summed E-state index contributed by atoms with van der Waals surface area (Å²) in [5.41, 5.74) is 0. The van der Waals surface area contributed by atoms with Crippen LogP contribution in [0, 0.1) is 0 Å². The van der Waals surface area contributed by atoms with Gasteiger partial charge in [0.1, 0.15) is 19.3 Å². The lowest BCUT2D eigenvalue weighted by Gasteiger charge is -2.21. The van der Waals surface area contributed by atoms with E-state index in [1.54, 1.807) is 0 Å². The van der Waals surface area contributed by atoms with E-state index < -0.39 is 97.5 Å². The van der Waals surface area contributed by atoms with Crippen LogP contribution in [-0.4, -0.2) is 96.7 Å². The van der Waals surface area contributed by atoms with Gasteiger partial charge in [-0.15, -0.1) is 0 Å². The van der Waals surface area contributed by atoms with E-state index in [0.29, 0.717) is 25.7 Å². The summed E-state index contributed by atoms with van der Waals surface area (Å²) in [7, 11) is -9.91. The third-order valence-corrected chi connectivity index (χ3v) is 17.9. The summed E-state index contributed by atoms with van der Waals surface area (Å²) in [5.74, 6) is -2.15. The summed E-state index contributed by atoms with van der Waals surface area (Å²) >= 11 is 0. The molecule has 0 rings (SSSR count). The normalized spacial score (nSPS) is 14.2. The van der Waals surface area contributed by atoms with Crippen molar-refractivity contribution in [2.45, 2.75) is 367 Å². The molecule has 0 aliphatic heterocycles. The van der Waals surface area contributed by atoms with Crippen LogP contribution >= 0.6 is 15.6 Å². The van der Waals surface area contributed by atoms with Crippen molar-refractivity contribution in [1.29, 1.82) is 0 Å². The van der Waals surface area contributed by atoms with Crippen LogP contribution in [0.15, 0.2) is 24.3 Å². The Morgan fingerprint density at radius 3 is 0.811 bits per heavy atom. The molecule has 0 aromatic rings. The third kappa shape index (κ3) is 64.3. The predicted molar refractivity (Wildman–Crippen MR) is 363 cm³/mol. The van der Waals surface area contributed by atoms with Crippen molar-refractivity contribution < 1.29 is 80.2 Å². The van der Waals surface area contributed by atoms with E-state index in [4.69, 9.17) is 37.0 Å². The Morgan fingerprint density at radius 1 is 0.311 bits per heavy atom. The molecule has 0 radical (unpaired) electrons. The van der Waals surface area contributed by atoms with Gasteiger partial charge in [-0.3, -0.25) is 37.3 Å². The molecule has 530 valence electrons. The highest BCUT2D eigenvalue weighted by molar-refractivity contribution is 7.47. The highest BCUT2D eigenvalue weighted by Gasteiger charge is 2.30. The standard InChI is InChI=1S/C71H134O17P2/c1-5-9-13-17-21-25-27-29-31-32-34-36-38-42-46-50-54-58-71(76)88-67(62-82-69(74)56-52-48-44-41-37-35-33-30-28-26-22-18-14-10-6-2)64-86-90(79,80)84-60-65(72)59-83-89(77,78)85-63-66(87-70(75)57-53-49-45-40-24-20-16-12-8-4)61-81-68(73)55-51-47-43-39-23-19-15-11-7-3/h26,28,30,33,65-67,72H,5-25,27,29,31-32,34-64H2,1-4H3,(H,77,78)(H,79,80)/b28-26-,33-30-/t65-,66+,67+/m0/s1. The molecular formula is C71H134O17P2. The van der Waals surface area contributed by atoms with Crippen LogP contribution in [-0.2, 0) is 65.4 Å². The zero-order valence-corrected chi connectivity index (χ0v) is 59.4. The van der Waals surface area contributed by atoms with Crippen LogP contribution in [0.5, 0.6) is 0 Å². The number of unbranched alkanes of at least 4 members (excludes halogenated alkanes) is 41. The quantitative estimate of drug-likeness (QED) is 0.0169. The number of carbonyl (C=O) groups excluding carboxylic acids is 4. The number of allylic oxidation sites excluding steroid dienone is 4. The lowest BCUT2D eigenvalue weighted by atomic mass is 10.0. The first-order valence-electron chi connectivity index (χ1n) is 36.6. The number of hydrogen-bond acceptors (Lipinski definition) is 15. The molecule has 0 saturated carbocycles. The van der Waals surface area contributed by atoms with Crippen molar-refractivity contribution in [2.75, 3.05) is 39.6 Å². The number of aliphatic hydroxyl groups excluding tert-OH is 1. The SMILES string of the molecule is CCCCCC/C=C\C=C/CCCCCCCC(=O)OC[C@H](COP(=O)(O)OC[C@@H](O)COP(=O)(O)OC[C@@H](COC(=O)CCCCCCCCCCC)OC(=O)CCCCCCCCCCC)OC(=O)CCCCCCCCCCCCCCCCCCC. The van der Waals surface area contributed by atoms with Gasteiger partial charge in [-0.25, -0.2) is 9.13 Å². The second-order valence-electron chi connectivity index (χ2n) is 24.9. The molecule has 0 aliphatic rings. The molecule has 17 nitrogen and oxygen atoms in total. The summed E-state index contributed by atoms with van der Waals surface area (Å²) in [4.78, 5) is 72.4. The predicted octanol–water partition coefficient (Wildman–Crippen LogP) is 20.2. The first kappa shape index (κ1) is 87.5. The first-order chi connectivity index (χ1) is 43.7. The number of phosphoric ester groups is 2. The first-order valence-corrected chi connectivity index (χ1v) is 39.6. The van der Waals surface area contributed by atoms with Crippen LogP contribution in [0.1, 0.15) is 349 Å². The second kappa shape index (κ2) is 65.2. The Bertz CT molecular complexity index is 1820. The number of rotatable bonds is 70. The van der Waals surface area contributed by atoms with Gasteiger partial charge in [-0.2, -0.15) is 0 Å². The molecule has 90 heavy (non-hydrogen) atoms. The fraction of sp³-hybridized carbons (Fsp3) is 0.887. The molecule has 0 spiro atoms. The zero-order chi connectivity index (χ0) is 66.1. The van der Waals surface area contributed by atoms with Gasteiger partial charge < -0.3 is 33.8 Å². The number of esters is 4. The number of phosphoric acid groups is 2. The maximum Gasteiger partial charge on any atom is 0.472 e. The van der Waals surface area contributed by atoms with Gasteiger partial charge in [-0.05, 0) is 51.4 Å². The van der Waals surface area contributed by atoms with E-state index in [0.717, 1.165) is 109 Å². The van der Waals surface area contributed by atoms with Gasteiger partial charge in [0.25, 0.3) is 0 Å². The molecule has 2 unspecified atom stereocenters. The molecule has 0 bridgehead atoms. The number of aliphatic hydroxyl groups is 1. The van der Waals surface area contributed by atoms with Crippen molar-refractivity contribution in [1.82, 2.24) is 0 Å². The second-order valence-corrected chi connectivity index (χ2v) is 27.8. The highest BCUT2D eigenvalue weighted by atomic mass is 31.2. The average molecular weight is 1320 g/mol. The van der Waals surface area contributed by atoms with Crippen LogP contribution in [0.25, 0.3) is 0 Å². The topological polar surface area (TPSA) is 237 Å². The van der Waals surface area contributed by atoms with Crippen molar-refractivity contribution in [3.05, 3.63) is 24.3 Å². The van der Waals surface area contributed by atoms with E-state index in [1.165, 1.54) is 161 Å². The Hall–Kier alpha value is -2.46. The van der Waals surface area contributed by atoms with Gasteiger partial charge in [0.15, 0.2) is 12.2 Å². The van der Waals surface area contributed by atoms with Crippen molar-refractivity contribution in [3.8, 4) is 0 Å². The molecule has 3 N–H and O–H groups in total. The van der Waals surface area contributed by atoms with E-state index in [2.05, 4.69) is 52.0 Å². The Kier molecular flexibility index (Phi) is 63.4. The molecular weight excluding hydrogens is 1190 g/mol. The lowest BCUT2D eigenvalue weighted by molar-refractivity contribution is -0.161. The summed E-state index contributed by atoms with van der Waals surface area (Å²) in [6.45, 7) is 4.85. The highest BCUT2D eigenvalue weighted by Crippen LogP contribution is 2.45. The number of carbonyl (C=O) groups is 4. The Balaban J connectivity index is 5.24. The molecule has 0 heterocycles. The van der Waals surface area contributed by atoms with Crippen LogP contribution in [0.3, 0.4) is 0 Å². The fourth-order valence-electron chi connectivity index (χ4n) is 10.3. The van der Waals surface area contributed by atoms with Crippen molar-refractivity contribution in [3.63, 3.8) is 0 Å². The van der Waals surface area contributed by atoms with Crippen molar-refractivity contribution >= 4 is 39.5 Å². The summed E-state index contributed by atoms with van der Waals surface area (Å²) < 4.78 is 68.2. The van der Waals surface area contributed by atoms with E-state index >= 15 is 0 Å². The molecule has 0 fully saturated rings. The van der Waals surface area contributed by atoms with E-state index in [-0.39, 0.29) is 25.7 Å². The Morgan fingerprint density at radius 2 is 0.533 bits per heavy atom. The molecule has 0 aliphatic carbocycles. The molecule has 19 heteroatoms. The fourth-order valence-corrected chi connectivity index (χ4v) is 11.9. The van der Waals surface area contributed by atoms with Crippen LogP contribution in [0.4, 0.5) is 0 Å². The van der Waals surface area contributed by atoms with Crippen LogP contribution < -0.4 is 0 Å². The molecule has 0 aromatic heterocycles. The average Bonchev–Trinajstić information content (AvgIpc) is 3.73. The summed E-state index contributed by atoms with van der Waals surface area (Å²) in [6, 6.07) is 0. The molecule has 0 aromatic carbocycles. The van der Waals surface area contributed by atoms with E-state index in [1.807, 2.05) is 0 Å². The van der Waals surface area contributed by atoms with Gasteiger partial charge in [-0.1, -0.05) is 296 Å². The minimum absolute atomic E-state index is 0.102. The lowest BCUT2D eigenvalue weighted by Crippen LogP contribution is -2.30. The molecule has 0 saturated heterocycles. The smallest absolute Gasteiger partial charge is 0.462 e. The zero-order valence-electron chi connectivity index (χ0n) is 57.6. The van der Waals surface area contributed by atoms with Gasteiger partial charge in [0.2, 0.25) is 0 Å². The monoisotopic (exact) mass is 1320 g/mol. The summed E-state index contributed by atoms with van der Waals surface area (Å²) in [6.07, 6.45) is 56.3. The minimum atomic E-state index is -4.96. The number of hydrogen-bond donors (Lipinski definition) is 3. The van der Waals surface area contributed by atoms with Crippen LogP contribution in [0.2, 0.25) is 0 Å². The number of ether oxygens (including phenoxy) is 4. The maximum atomic E-state index is 13.0. The maximum absolute atomic E-state index is 13.0. The van der Waals surface area contributed by atoms with Gasteiger partial charge in [0.05, 0.1) is 26.4 Å².